The maximum atomic E-state index is 13.9. The molecule has 3 aromatic carbocycles. The van der Waals surface area contributed by atoms with E-state index in [0.29, 0.717) is 24.9 Å². The molecular weight excluding hydrogens is 490 g/mol. The summed E-state index contributed by atoms with van der Waals surface area (Å²) in [5, 5.41) is 9.63. The third-order valence-electron chi connectivity index (χ3n) is 7.99. The number of nitrogens with zero attached hydrogens (tertiary/aromatic N) is 3. The van der Waals surface area contributed by atoms with E-state index in [1.807, 2.05) is 103 Å². The monoisotopic (exact) mass is 525 g/mol. The molecule has 3 amide bonds. The lowest BCUT2D eigenvalue weighted by Gasteiger charge is -2.43. The van der Waals surface area contributed by atoms with Gasteiger partial charge in [-0.25, -0.2) is 4.79 Å². The van der Waals surface area contributed by atoms with E-state index >= 15 is 0 Å². The van der Waals surface area contributed by atoms with E-state index in [9.17, 15) is 19.5 Å². The number of hydrogen-bond acceptors (Lipinski definition) is 3. The molecule has 5 rings (SSSR count). The molecule has 0 bridgehead atoms. The smallest absolute Gasteiger partial charge is 0.407 e. The first-order valence-corrected chi connectivity index (χ1v) is 13.8. The van der Waals surface area contributed by atoms with Crippen molar-refractivity contribution in [2.24, 2.45) is 0 Å². The van der Waals surface area contributed by atoms with Crippen LogP contribution in [-0.4, -0.2) is 40.5 Å². The van der Waals surface area contributed by atoms with Gasteiger partial charge < -0.3 is 19.8 Å². The Hall–Kier alpha value is -4.13. The van der Waals surface area contributed by atoms with Crippen LogP contribution >= 0.6 is 0 Å². The molecule has 2 heterocycles. The first-order valence-electron chi connectivity index (χ1n) is 13.8. The molecule has 39 heavy (non-hydrogen) atoms. The van der Waals surface area contributed by atoms with Gasteiger partial charge in [-0.3, -0.25) is 9.59 Å². The summed E-state index contributed by atoms with van der Waals surface area (Å²) in [6.45, 7) is 4.44. The second kappa shape index (κ2) is 11.3. The lowest BCUT2D eigenvalue weighted by atomic mass is 9.89. The summed E-state index contributed by atoms with van der Waals surface area (Å²) in [5.74, 6) is -0.0616. The van der Waals surface area contributed by atoms with Crippen molar-refractivity contribution in [1.29, 1.82) is 0 Å². The minimum atomic E-state index is -0.903. The van der Waals surface area contributed by atoms with E-state index in [1.54, 1.807) is 0 Å². The van der Waals surface area contributed by atoms with Gasteiger partial charge >= 0.3 is 6.09 Å². The highest BCUT2D eigenvalue weighted by Crippen LogP contribution is 2.43. The van der Waals surface area contributed by atoms with Crippen molar-refractivity contribution < 1.29 is 19.5 Å². The first kappa shape index (κ1) is 26.5. The average Bonchev–Trinajstić information content (AvgIpc) is 2.97. The Morgan fingerprint density at radius 1 is 0.923 bits per heavy atom. The lowest BCUT2D eigenvalue weighted by Crippen LogP contribution is -2.47. The van der Waals surface area contributed by atoms with Gasteiger partial charge in [0.05, 0.1) is 12.1 Å². The average molecular weight is 526 g/mol. The second-order valence-corrected chi connectivity index (χ2v) is 10.4. The van der Waals surface area contributed by atoms with Gasteiger partial charge in [0.15, 0.2) is 0 Å². The Morgan fingerprint density at radius 3 is 2.31 bits per heavy atom. The van der Waals surface area contributed by atoms with Gasteiger partial charge in [-0.05, 0) is 74.1 Å². The normalized spacial score (nSPS) is 20.7. The fourth-order valence-corrected chi connectivity index (χ4v) is 6.09. The van der Waals surface area contributed by atoms with Gasteiger partial charge in [-0.15, -0.1) is 0 Å². The molecule has 0 saturated carbocycles. The topological polar surface area (TPSA) is 81.2 Å². The van der Waals surface area contributed by atoms with Crippen LogP contribution < -0.4 is 9.80 Å². The SMILES string of the molecule is CCC(=O)N(c1ccccc1)C1CC(C)N(C(=O)c2ccc(C3CCCCN3C(=O)O)cc2)c2ccccc21. The van der Waals surface area contributed by atoms with Gasteiger partial charge in [0, 0.05) is 35.9 Å². The standard InChI is InChI=1S/C32H35N3O4/c1-3-30(36)35(25-11-5-4-6-12-25)29-21-22(2)34(28-15-8-7-13-26(28)29)31(37)24-18-16-23(17-19-24)27-14-9-10-20-33(27)32(38)39/h4-8,11-13,15-19,22,27,29H,3,9-10,14,20-21H2,1-2H3,(H,38,39). The van der Waals surface area contributed by atoms with Gasteiger partial charge in [0.1, 0.15) is 0 Å². The predicted octanol–water partition coefficient (Wildman–Crippen LogP) is 6.81. The quantitative estimate of drug-likeness (QED) is 0.397. The Kier molecular flexibility index (Phi) is 7.68. The van der Waals surface area contributed by atoms with E-state index in [2.05, 4.69) is 0 Å². The van der Waals surface area contributed by atoms with Crippen LogP contribution in [0.1, 0.15) is 79.5 Å². The number of likely N-dealkylation sites (tertiary alicyclic amines) is 1. The van der Waals surface area contributed by atoms with Crippen LogP contribution in [0.4, 0.5) is 16.2 Å². The number of hydrogen-bond donors (Lipinski definition) is 1. The Labute approximate surface area is 229 Å². The maximum Gasteiger partial charge on any atom is 0.407 e. The summed E-state index contributed by atoms with van der Waals surface area (Å²) in [4.78, 5) is 44.1. The molecule has 0 aliphatic carbocycles. The van der Waals surface area contributed by atoms with E-state index < -0.39 is 6.09 Å². The third-order valence-corrected chi connectivity index (χ3v) is 7.99. The molecule has 2 aliphatic rings. The van der Waals surface area contributed by atoms with E-state index in [0.717, 1.165) is 41.8 Å². The molecular formula is C32H35N3O4. The highest BCUT2D eigenvalue weighted by Gasteiger charge is 2.38. The number of piperidine rings is 1. The van der Waals surface area contributed by atoms with Crippen molar-refractivity contribution in [2.75, 3.05) is 16.3 Å². The zero-order chi connectivity index (χ0) is 27.5. The number of fused-ring (bicyclic) bond motifs is 1. The minimum Gasteiger partial charge on any atom is -0.465 e. The molecule has 2 aliphatic heterocycles. The molecule has 7 heteroatoms. The van der Waals surface area contributed by atoms with Crippen LogP contribution in [-0.2, 0) is 4.79 Å². The Bertz CT molecular complexity index is 1340. The number of benzene rings is 3. The summed E-state index contributed by atoms with van der Waals surface area (Å²) in [5.41, 5.74) is 4.08. The summed E-state index contributed by atoms with van der Waals surface area (Å²) in [6, 6.07) is 24.5. The number of rotatable bonds is 5. The molecule has 1 saturated heterocycles. The lowest BCUT2D eigenvalue weighted by molar-refractivity contribution is -0.118. The van der Waals surface area contributed by atoms with Crippen LogP contribution in [0.3, 0.4) is 0 Å². The van der Waals surface area contributed by atoms with Crippen molar-refractivity contribution in [3.63, 3.8) is 0 Å². The fourth-order valence-electron chi connectivity index (χ4n) is 6.09. The summed E-state index contributed by atoms with van der Waals surface area (Å²) < 4.78 is 0. The highest BCUT2D eigenvalue weighted by atomic mass is 16.4. The van der Waals surface area contributed by atoms with Crippen molar-refractivity contribution >= 4 is 29.3 Å². The molecule has 1 fully saturated rings. The van der Waals surface area contributed by atoms with Crippen LogP contribution in [0, 0.1) is 0 Å². The highest BCUT2D eigenvalue weighted by molar-refractivity contribution is 6.07. The minimum absolute atomic E-state index is 0.0432. The number of carbonyl (C=O) groups excluding carboxylic acids is 2. The largest absolute Gasteiger partial charge is 0.465 e. The van der Waals surface area contributed by atoms with Gasteiger partial charge in [0.2, 0.25) is 5.91 Å². The molecule has 0 aromatic heterocycles. The van der Waals surface area contributed by atoms with Gasteiger partial charge in [0.25, 0.3) is 5.91 Å². The van der Waals surface area contributed by atoms with Crippen molar-refractivity contribution in [3.8, 4) is 0 Å². The van der Waals surface area contributed by atoms with Crippen molar-refractivity contribution in [2.45, 2.75) is 64.1 Å². The molecule has 0 radical (unpaired) electrons. The Morgan fingerprint density at radius 2 is 1.62 bits per heavy atom. The summed E-state index contributed by atoms with van der Waals surface area (Å²) >= 11 is 0. The van der Waals surface area contributed by atoms with Crippen LogP contribution in [0.15, 0.2) is 78.9 Å². The molecule has 0 spiro atoms. The summed E-state index contributed by atoms with van der Waals surface area (Å²) in [6.07, 6.45) is 2.73. The fraction of sp³-hybridized carbons (Fsp3) is 0.344. The molecule has 3 aromatic rings. The molecule has 202 valence electrons. The van der Waals surface area contributed by atoms with Crippen LogP contribution in [0.5, 0.6) is 0 Å². The van der Waals surface area contributed by atoms with E-state index in [-0.39, 0.29) is 29.9 Å². The second-order valence-electron chi connectivity index (χ2n) is 10.4. The third kappa shape index (κ3) is 5.13. The molecule has 1 N–H and O–H groups in total. The number of amides is 3. The predicted molar refractivity (Wildman–Crippen MR) is 152 cm³/mol. The number of carbonyl (C=O) groups is 3. The zero-order valence-corrected chi connectivity index (χ0v) is 22.5. The molecule has 3 atom stereocenters. The van der Waals surface area contributed by atoms with Crippen LogP contribution in [0.2, 0.25) is 0 Å². The Balaban J connectivity index is 1.46. The molecule has 3 unspecified atom stereocenters. The van der Waals surface area contributed by atoms with Gasteiger partial charge in [-0.1, -0.05) is 55.5 Å². The van der Waals surface area contributed by atoms with Crippen molar-refractivity contribution in [1.82, 2.24) is 4.90 Å². The van der Waals surface area contributed by atoms with Gasteiger partial charge in [-0.2, -0.15) is 0 Å². The molecule has 7 nitrogen and oxygen atoms in total. The number of anilines is 2. The summed E-state index contributed by atoms with van der Waals surface area (Å²) in [7, 11) is 0. The van der Waals surface area contributed by atoms with Crippen LogP contribution in [0.25, 0.3) is 0 Å². The number of carboxylic acid groups (broad SMARTS) is 1. The maximum absolute atomic E-state index is 13.9. The van der Waals surface area contributed by atoms with E-state index in [1.165, 1.54) is 4.90 Å². The van der Waals surface area contributed by atoms with E-state index in [4.69, 9.17) is 0 Å². The zero-order valence-electron chi connectivity index (χ0n) is 22.5. The first-order chi connectivity index (χ1) is 18.9. The number of para-hydroxylation sites is 2. The van der Waals surface area contributed by atoms with Crippen molar-refractivity contribution in [3.05, 3.63) is 95.6 Å².